The molecule has 1 atom stereocenters. The van der Waals surface area contributed by atoms with Crippen molar-refractivity contribution in [3.63, 3.8) is 0 Å². The first-order valence-corrected chi connectivity index (χ1v) is 7.16. The maximum Gasteiger partial charge on any atom is -0.00365 e. The lowest BCUT2D eigenvalue weighted by molar-refractivity contribution is 0.350. The third kappa shape index (κ3) is 7.73. The standard InChI is InChI=1S/C13H28S/c1-10(2)7-13(12(5)6)9-14-8-11(3)4/h10-13H,7-9H2,1-6H3. The molecule has 0 aromatic rings. The fraction of sp³-hybridized carbons (Fsp3) is 1.00. The molecule has 0 fully saturated rings. The molecular weight excluding hydrogens is 188 g/mol. The monoisotopic (exact) mass is 216 g/mol. The van der Waals surface area contributed by atoms with E-state index in [1.54, 1.807) is 0 Å². The second-order valence-electron chi connectivity index (χ2n) is 5.56. The lowest BCUT2D eigenvalue weighted by atomic mass is 9.89. The molecule has 1 heteroatoms. The molecule has 0 aliphatic rings. The zero-order valence-electron chi connectivity index (χ0n) is 10.8. The number of hydrogen-bond acceptors (Lipinski definition) is 1. The molecule has 0 amide bonds. The highest BCUT2D eigenvalue weighted by Crippen LogP contribution is 2.25. The highest BCUT2D eigenvalue weighted by atomic mass is 32.2. The predicted molar refractivity (Wildman–Crippen MR) is 69.9 cm³/mol. The summed E-state index contributed by atoms with van der Waals surface area (Å²) in [5, 5.41) is 0. The second-order valence-corrected chi connectivity index (χ2v) is 6.64. The van der Waals surface area contributed by atoms with Gasteiger partial charge in [-0.05, 0) is 41.6 Å². The van der Waals surface area contributed by atoms with Gasteiger partial charge in [-0.25, -0.2) is 0 Å². The van der Waals surface area contributed by atoms with Crippen molar-refractivity contribution in [2.45, 2.75) is 48.0 Å². The molecular formula is C13H28S. The molecule has 14 heavy (non-hydrogen) atoms. The number of hydrogen-bond donors (Lipinski definition) is 0. The molecule has 0 bridgehead atoms. The maximum atomic E-state index is 2.36. The highest BCUT2D eigenvalue weighted by molar-refractivity contribution is 7.99. The first-order valence-electron chi connectivity index (χ1n) is 6.01. The normalized spacial score (nSPS) is 14.4. The summed E-state index contributed by atoms with van der Waals surface area (Å²) in [4.78, 5) is 0. The molecule has 0 saturated carbocycles. The van der Waals surface area contributed by atoms with Crippen LogP contribution in [0.5, 0.6) is 0 Å². The molecule has 0 spiro atoms. The van der Waals surface area contributed by atoms with Crippen molar-refractivity contribution in [1.82, 2.24) is 0 Å². The van der Waals surface area contributed by atoms with Crippen LogP contribution >= 0.6 is 11.8 Å². The second kappa shape index (κ2) is 7.62. The minimum Gasteiger partial charge on any atom is -0.161 e. The largest absolute Gasteiger partial charge is 0.161 e. The van der Waals surface area contributed by atoms with Gasteiger partial charge in [0.1, 0.15) is 0 Å². The van der Waals surface area contributed by atoms with Gasteiger partial charge in [0, 0.05) is 0 Å². The summed E-state index contributed by atoms with van der Waals surface area (Å²) in [7, 11) is 0. The Morgan fingerprint density at radius 1 is 0.786 bits per heavy atom. The van der Waals surface area contributed by atoms with Gasteiger partial charge in [-0.2, -0.15) is 11.8 Å². The summed E-state index contributed by atoms with van der Waals surface area (Å²) >= 11 is 2.14. The van der Waals surface area contributed by atoms with E-state index >= 15 is 0 Å². The highest BCUT2D eigenvalue weighted by Gasteiger charge is 2.14. The summed E-state index contributed by atoms with van der Waals surface area (Å²) in [6.45, 7) is 14.0. The third-order valence-corrected chi connectivity index (χ3v) is 4.07. The summed E-state index contributed by atoms with van der Waals surface area (Å²) < 4.78 is 0. The summed E-state index contributed by atoms with van der Waals surface area (Å²) in [6.07, 6.45) is 1.39. The quantitative estimate of drug-likeness (QED) is 0.595. The van der Waals surface area contributed by atoms with Crippen molar-refractivity contribution in [3.05, 3.63) is 0 Å². The molecule has 0 radical (unpaired) electrons. The van der Waals surface area contributed by atoms with E-state index in [9.17, 15) is 0 Å². The van der Waals surface area contributed by atoms with Crippen LogP contribution in [0, 0.1) is 23.7 Å². The van der Waals surface area contributed by atoms with Crippen LogP contribution in [0.15, 0.2) is 0 Å². The minimum atomic E-state index is 0.840. The molecule has 0 aromatic heterocycles. The summed E-state index contributed by atoms with van der Waals surface area (Å²) in [5.41, 5.74) is 0. The minimum absolute atomic E-state index is 0.840. The Hall–Kier alpha value is 0.350. The average Bonchev–Trinajstić information content (AvgIpc) is 2.00. The van der Waals surface area contributed by atoms with E-state index in [1.165, 1.54) is 17.9 Å². The summed E-state index contributed by atoms with van der Waals surface area (Å²) in [6, 6.07) is 0. The van der Waals surface area contributed by atoms with Crippen LogP contribution in [0.2, 0.25) is 0 Å². The van der Waals surface area contributed by atoms with Gasteiger partial charge >= 0.3 is 0 Å². The van der Waals surface area contributed by atoms with Crippen molar-refractivity contribution in [3.8, 4) is 0 Å². The van der Waals surface area contributed by atoms with Gasteiger partial charge in [0.05, 0.1) is 0 Å². The van der Waals surface area contributed by atoms with Crippen LogP contribution < -0.4 is 0 Å². The van der Waals surface area contributed by atoms with E-state index in [4.69, 9.17) is 0 Å². The van der Waals surface area contributed by atoms with Crippen LogP contribution in [-0.2, 0) is 0 Å². The van der Waals surface area contributed by atoms with Gasteiger partial charge in [-0.15, -0.1) is 0 Å². The van der Waals surface area contributed by atoms with Gasteiger partial charge in [-0.3, -0.25) is 0 Å². The van der Waals surface area contributed by atoms with Crippen molar-refractivity contribution in [2.75, 3.05) is 11.5 Å². The first-order chi connectivity index (χ1) is 6.43. The Morgan fingerprint density at radius 2 is 1.36 bits per heavy atom. The Labute approximate surface area is 95.2 Å². The molecule has 0 saturated heterocycles. The van der Waals surface area contributed by atoms with Crippen molar-refractivity contribution >= 4 is 11.8 Å². The Kier molecular flexibility index (Phi) is 7.81. The zero-order valence-corrected chi connectivity index (χ0v) is 11.7. The smallest absolute Gasteiger partial charge is 0.00365 e. The molecule has 0 aromatic carbocycles. The number of rotatable bonds is 7. The third-order valence-electron chi connectivity index (χ3n) is 2.50. The van der Waals surface area contributed by atoms with E-state index < -0.39 is 0 Å². The van der Waals surface area contributed by atoms with Gasteiger partial charge in [0.2, 0.25) is 0 Å². The van der Waals surface area contributed by atoms with Crippen molar-refractivity contribution in [2.24, 2.45) is 23.7 Å². The Balaban J connectivity index is 3.74. The van der Waals surface area contributed by atoms with Crippen molar-refractivity contribution < 1.29 is 0 Å². The average molecular weight is 216 g/mol. The Morgan fingerprint density at radius 3 is 1.71 bits per heavy atom. The molecule has 0 N–H and O–H groups in total. The van der Waals surface area contributed by atoms with E-state index in [-0.39, 0.29) is 0 Å². The van der Waals surface area contributed by atoms with Crippen LogP contribution in [0.3, 0.4) is 0 Å². The predicted octanol–water partition coefficient (Wildman–Crippen LogP) is 4.69. The van der Waals surface area contributed by atoms with E-state index in [0.717, 1.165) is 23.7 Å². The van der Waals surface area contributed by atoms with Gasteiger partial charge in [0.15, 0.2) is 0 Å². The molecule has 0 rings (SSSR count). The lowest BCUT2D eigenvalue weighted by Gasteiger charge is -2.22. The number of thioether (sulfide) groups is 1. The molecule has 0 aliphatic carbocycles. The van der Waals surface area contributed by atoms with Crippen LogP contribution in [0.1, 0.15) is 48.0 Å². The van der Waals surface area contributed by atoms with E-state index in [2.05, 4.69) is 53.3 Å². The molecule has 0 heterocycles. The van der Waals surface area contributed by atoms with Gasteiger partial charge in [-0.1, -0.05) is 41.5 Å². The van der Waals surface area contributed by atoms with Crippen molar-refractivity contribution in [1.29, 1.82) is 0 Å². The van der Waals surface area contributed by atoms with Gasteiger partial charge < -0.3 is 0 Å². The molecule has 86 valence electrons. The maximum absolute atomic E-state index is 2.36. The topological polar surface area (TPSA) is 0 Å². The molecule has 0 aliphatic heterocycles. The van der Waals surface area contributed by atoms with Gasteiger partial charge in [0.25, 0.3) is 0 Å². The van der Waals surface area contributed by atoms with Crippen LogP contribution in [0.4, 0.5) is 0 Å². The van der Waals surface area contributed by atoms with E-state index in [1.807, 2.05) is 0 Å². The SMILES string of the molecule is CC(C)CSCC(CC(C)C)C(C)C. The fourth-order valence-corrected chi connectivity index (χ4v) is 3.02. The van der Waals surface area contributed by atoms with Crippen LogP contribution in [0.25, 0.3) is 0 Å². The molecule has 1 unspecified atom stereocenters. The fourth-order valence-electron chi connectivity index (χ4n) is 1.59. The first kappa shape index (κ1) is 14.3. The summed E-state index contributed by atoms with van der Waals surface area (Å²) in [5.74, 6) is 6.12. The zero-order chi connectivity index (χ0) is 11.1. The van der Waals surface area contributed by atoms with E-state index in [0.29, 0.717) is 0 Å². The van der Waals surface area contributed by atoms with Crippen LogP contribution in [-0.4, -0.2) is 11.5 Å². The Bertz CT molecular complexity index is 127. The molecule has 0 nitrogen and oxygen atoms in total. The lowest BCUT2D eigenvalue weighted by Crippen LogP contribution is -2.15.